The van der Waals surface area contributed by atoms with Crippen molar-refractivity contribution in [2.75, 3.05) is 11.1 Å². The molecule has 0 bridgehead atoms. The van der Waals surface area contributed by atoms with E-state index < -0.39 is 0 Å². The topological polar surface area (TPSA) is 66.7 Å². The van der Waals surface area contributed by atoms with Crippen LogP contribution in [0.5, 0.6) is 0 Å². The Morgan fingerprint density at radius 1 is 1.26 bits per heavy atom. The third kappa shape index (κ3) is 3.88. The number of hydrogen-bond donors (Lipinski definition) is 3. The van der Waals surface area contributed by atoms with Gasteiger partial charge in [-0.3, -0.25) is 0 Å². The van der Waals surface area contributed by atoms with E-state index >= 15 is 0 Å². The van der Waals surface area contributed by atoms with Gasteiger partial charge in [0.1, 0.15) is 0 Å². The average Bonchev–Trinajstić information content (AvgIpc) is 2.69. The quantitative estimate of drug-likeness (QED) is 0.693. The molecule has 1 atom stereocenters. The summed E-state index contributed by atoms with van der Waals surface area (Å²) in [7, 11) is 0. The fourth-order valence-corrected chi connectivity index (χ4v) is 2.23. The van der Waals surface area contributed by atoms with Crippen molar-refractivity contribution < 1.29 is 0 Å². The van der Waals surface area contributed by atoms with Crippen LogP contribution in [0.15, 0.2) is 18.2 Å². The highest BCUT2D eigenvalue weighted by Crippen LogP contribution is 2.18. The average molecular weight is 260 g/mol. The summed E-state index contributed by atoms with van der Waals surface area (Å²) in [6.07, 6.45) is 3.69. The maximum absolute atomic E-state index is 5.76. The second kappa shape index (κ2) is 5.95. The minimum atomic E-state index is 0.427. The number of nitrogen functional groups attached to an aromatic ring is 1. The van der Waals surface area contributed by atoms with Gasteiger partial charge in [-0.05, 0) is 37.5 Å². The van der Waals surface area contributed by atoms with Crippen molar-refractivity contribution in [1.82, 2.24) is 9.97 Å². The highest BCUT2D eigenvalue weighted by atomic mass is 15.1. The van der Waals surface area contributed by atoms with Crippen LogP contribution in [-0.4, -0.2) is 16.0 Å². The van der Waals surface area contributed by atoms with Crippen molar-refractivity contribution in [2.45, 2.75) is 46.1 Å². The third-order valence-corrected chi connectivity index (χ3v) is 3.31. The number of H-pyrrole nitrogens is 1. The minimum Gasteiger partial charge on any atom is -0.399 e. The van der Waals surface area contributed by atoms with Gasteiger partial charge in [0.2, 0.25) is 5.95 Å². The van der Waals surface area contributed by atoms with Crippen molar-refractivity contribution in [3.63, 3.8) is 0 Å². The Labute approximate surface area is 114 Å². The van der Waals surface area contributed by atoms with E-state index in [1.165, 1.54) is 12.8 Å². The summed E-state index contributed by atoms with van der Waals surface area (Å²) in [5.74, 6) is 1.61. The molecule has 2 aromatic rings. The Bertz CT molecular complexity index is 530. The molecule has 0 saturated carbocycles. The van der Waals surface area contributed by atoms with E-state index in [2.05, 4.69) is 36.1 Å². The molecule has 0 aliphatic heterocycles. The number of fused-ring (bicyclic) bond motifs is 1. The molecule has 1 aromatic carbocycles. The summed E-state index contributed by atoms with van der Waals surface area (Å²) in [4.78, 5) is 7.78. The third-order valence-electron chi connectivity index (χ3n) is 3.31. The molecular formula is C15H24N4. The molecule has 104 valence electrons. The smallest absolute Gasteiger partial charge is 0.201 e. The molecule has 0 radical (unpaired) electrons. The van der Waals surface area contributed by atoms with E-state index in [9.17, 15) is 0 Å². The maximum Gasteiger partial charge on any atom is 0.201 e. The maximum atomic E-state index is 5.76. The van der Waals surface area contributed by atoms with Crippen LogP contribution < -0.4 is 11.1 Å². The van der Waals surface area contributed by atoms with Gasteiger partial charge < -0.3 is 16.0 Å². The van der Waals surface area contributed by atoms with Crippen LogP contribution in [0.1, 0.15) is 40.0 Å². The lowest BCUT2D eigenvalue weighted by atomic mass is 10.0. The summed E-state index contributed by atoms with van der Waals surface area (Å²) in [6.45, 7) is 6.73. The van der Waals surface area contributed by atoms with Crippen LogP contribution in [0.4, 0.5) is 11.6 Å². The van der Waals surface area contributed by atoms with Gasteiger partial charge in [0.05, 0.1) is 11.0 Å². The van der Waals surface area contributed by atoms with Crippen LogP contribution in [0, 0.1) is 5.92 Å². The van der Waals surface area contributed by atoms with Crippen LogP contribution >= 0.6 is 0 Å². The summed E-state index contributed by atoms with van der Waals surface area (Å²) in [5, 5.41) is 3.42. The molecule has 2 rings (SSSR count). The van der Waals surface area contributed by atoms with E-state index in [1.54, 1.807) is 0 Å². The summed E-state index contributed by atoms with van der Waals surface area (Å²) >= 11 is 0. The molecule has 0 amide bonds. The first-order chi connectivity index (χ1) is 9.04. The molecule has 0 aliphatic rings. The van der Waals surface area contributed by atoms with Gasteiger partial charge in [0, 0.05) is 11.7 Å². The van der Waals surface area contributed by atoms with E-state index in [-0.39, 0.29) is 0 Å². The number of benzene rings is 1. The highest BCUT2D eigenvalue weighted by molar-refractivity contribution is 5.80. The predicted octanol–water partition coefficient (Wildman–Crippen LogP) is 3.77. The van der Waals surface area contributed by atoms with E-state index in [4.69, 9.17) is 5.73 Å². The fraction of sp³-hybridized carbons (Fsp3) is 0.533. The molecule has 0 saturated heterocycles. The molecule has 1 unspecified atom stereocenters. The molecule has 0 fully saturated rings. The molecule has 0 spiro atoms. The largest absolute Gasteiger partial charge is 0.399 e. The Morgan fingerprint density at radius 2 is 2.05 bits per heavy atom. The van der Waals surface area contributed by atoms with Crippen molar-refractivity contribution >= 4 is 22.7 Å². The number of imidazole rings is 1. The van der Waals surface area contributed by atoms with E-state index in [0.29, 0.717) is 6.04 Å². The standard InChI is InChI=1S/C15H24N4/c1-10(2)5-4-6-11(3)17-15-18-13-8-7-12(16)9-14(13)19-15/h7-11H,4-6,16H2,1-3H3,(H2,17,18,19). The summed E-state index contributed by atoms with van der Waals surface area (Å²) < 4.78 is 0. The fourth-order valence-electron chi connectivity index (χ4n) is 2.23. The van der Waals surface area contributed by atoms with Crippen LogP contribution in [0.2, 0.25) is 0 Å². The van der Waals surface area contributed by atoms with Crippen LogP contribution in [0.25, 0.3) is 11.0 Å². The zero-order valence-electron chi connectivity index (χ0n) is 12.0. The number of nitrogens with two attached hydrogens (primary N) is 1. The second-order valence-corrected chi connectivity index (χ2v) is 5.73. The molecule has 19 heavy (non-hydrogen) atoms. The molecule has 4 nitrogen and oxygen atoms in total. The monoisotopic (exact) mass is 260 g/mol. The van der Waals surface area contributed by atoms with Gasteiger partial charge in [-0.1, -0.05) is 26.7 Å². The number of anilines is 2. The van der Waals surface area contributed by atoms with Crippen molar-refractivity contribution in [3.05, 3.63) is 18.2 Å². The number of rotatable bonds is 6. The summed E-state index contributed by atoms with van der Waals surface area (Å²) in [6, 6.07) is 6.16. The first-order valence-corrected chi connectivity index (χ1v) is 7.06. The lowest BCUT2D eigenvalue weighted by molar-refractivity contribution is 0.519. The molecule has 0 aliphatic carbocycles. The first kappa shape index (κ1) is 13.7. The number of aromatic amines is 1. The number of nitrogens with one attached hydrogen (secondary N) is 2. The Kier molecular flexibility index (Phi) is 4.30. The number of aromatic nitrogens is 2. The van der Waals surface area contributed by atoms with Crippen LogP contribution in [-0.2, 0) is 0 Å². The lowest BCUT2D eigenvalue weighted by Gasteiger charge is -2.13. The van der Waals surface area contributed by atoms with Gasteiger partial charge in [-0.15, -0.1) is 0 Å². The highest BCUT2D eigenvalue weighted by Gasteiger charge is 2.07. The van der Waals surface area contributed by atoms with Gasteiger partial charge >= 0.3 is 0 Å². The van der Waals surface area contributed by atoms with Crippen molar-refractivity contribution in [2.24, 2.45) is 5.92 Å². The zero-order chi connectivity index (χ0) is 13.8. The Balaban J connectivity index is 1.93. The molecular weight excluding hydrogens is 236 g/mol. The summed E-state index contributed by atoms with van der Waals surface area (Å²) in [5.41, 5.74) is 8.45. The van der Waals surface area contributed by atoms with Crippen molar-refractivity contribution in [1.29, 1.82) is 0 Å². The van der Waals surface area contributed by atoms with Gasteiger partial charge in [-0.25, -0.2) is 4.98 Å². The molecule has 1 aromatic heterocycles. The molecule has 4 heteroatoms. The van der Waals surface area contributed by atoms with Gasteiger partial charge in [-0.2, -0.15) is 0 Å². The van der Waals surface area contributed by atoms with Crippen molar-refractivity contribution in [3.8, 4) is 0 Å². The SMILES string of the molecule is CC(C)CCCC(C)Nc1nc2ccc(N)cc2[nH]1. The number of hydrogen-bond acceptors (Lipinski definition) is 3. The normalized spacial score (nSPS) is 13.1. The lowest BCUT2D eigenvalue weighted by Crippen LogP contribution is -2.16. The first-order valence-electron chi connectivity index (χ1n) is 7.06. The Hall–Kier alpha value is -1.71. The molecule has 1 heterocycles. The Morgan fingerprint density at radius 3 is 2.79 bits per heavy atom. The number of nitrogens with zero attached hydrogens (tertiary/aromatic N) is 1. The second-order valence-electron chi connectivity index (χ2n) is 5.73. The zero-order valence-corrected chi connectivity index (χ0v) is 12.0. The minimum absolute atomic E-state index is 0.427. The van der Waals surface area contributed by atoms with Gasteiger partial charge in [0.25, 0.3) is 0 Å². The predicted molar refractivity (Wildman–Crippen MR) is 82.3 cm³/mol. The van der Waals surface area contributed by atoms with E-state index in [0.717, 1.165) is 35.0 Å². The molecule has 4 N–H and O–H groups in total. The van der Waals surface area contributed by atoms with Gasteiger partial charge in [0.15, 0.2) is 0 Å². The van der Waals surface area contributed by atoms with E-state index in [1.807, 2.05) is 18.2 Å². The van der Waals surface area contributed by atoms with Crippen LogP contribution in [0.3, 0.4) is 0 Å².